The van der Waals surface area contributed by atoms with Gasteiger partial charge in [-0.25, -0.2) is 4.79 Å². The molecule has 0 radical (unpaired) electrons. The first kappa shape index (κ1) is 25.9. The average Bonchev–Trinajstić information content (AvgIpc) is 2.85. The van der Waals surface area contributed by atoms with Crippen molar-refractivity contribution in [2.75, 3.05) is 48.0 Å². The average molecular weight is 455 g/mol. The minimum atomic E-state index is -0.364. The van der Waals surface area contributed by atoms with Gasteiger partial charge in [-0.2, -0.15) is 0 Å². The van der Waals surface area contributed by atoms with Crippen LogP contribution in [0.25, 0.3) is 6.08 Å². The highest BCUT2D eigenvalue weighted by atomic mass is 16.5. The quantitative estimate of drug-likeness (QED) is 0.368. The number of methoxy groups -OCH3 is 3. The molecule has 0 aliphatic rings. The Labute approximate surface area is 196 Å². The molecule has 0 bridgehead atoms. The van der Waals surface area contributed by atoms with E-state index in [4.69, 9.17) is 9.47 Å². The van der Waals surface area contributed by atoms with Gasteiger partial charge >= 0.3 is 5.97 Å². The molecule has 0 saturated heterocycles. The molecule has 0 saturated carbocycles. The molecule has 0 aromatic heterocycles. The molecule has 2 aromatic carbocycles. The van der Waals surface area contributed by atoms with Crippen molar-refractivity contribution in [3.8, 4) is 11.5 Å². The zero-order chi connectivity index (χ0) is 24.1. The van der Waals surface area contributed by atoms with Crippen LogP contribution in [0.3, 0.4) is 0 Å². The maximum atomic E-state index is 12.0. The fourth-order valence-corrected chi connectivity index (χ4v) is 3.27. The number of amides is 1. The van der Waals surface area contributed by atoms with Gasteiger partial charge in [0.1, 0.15) is 0 Å². The van der Waals surface area contributed by atoms with Gasteiger partial charge in [0.05, 0.1) is 26.9 Å². The van der Waals surface area contributed by atoms with Crippen LogP contribution in [0.4, 0.5) is 0 Å². The first-order valence-corrected chi connectivity index (χ1v) is 11.0. The van der Waals surface area contributed by atoms with Crippen molar-refractivity contribution in [1.82, 2.24) is 10.2 Å². The van der Waals surface area contributed by atoms with E-state index < -0.39 is 0 Å². The Morgan fingerprint density at radius 2 is 1.70 bits per heavy atom. The normalized spacial score (nSPS) is 10.9. The Balaban J connectivity index is 1.62. The number of ether oxygens (including phenoxy) is 3. The molecule has 33 heavy (non-hydrogen) atoms. The third kappa shape index (κ3) is 8.98. The SMILES string of the molecule is COC(=O)c1ccc(/C=C/CC(=O)NCCCN(C)CCc2ccc(OC)c(OC)c2)cc1. The summed E-state index contributed by atoms with van der Waals surface area (Å²) in [5.41, 5.74) is 2.62. The Morgan fingerprint density at radius 3 is 2.36 bits per heavy atom. The van der Waals surface area contributed by atoms with Crippen molar-refractivity contribution in [3.63, 3.8) is 0 Å². The molecule has 0 aliphatic heterocycles. The van der Waals surface area contributed by atoms with Gasteiger partial charge in [-0.1, -0.05) is 30.4 Å². The van der Waals surface area contributed by atoms with E-state index in [1.807, 2.05) is 36.4 Å². The van der Waals surface area contributed by atoms with Crippen LogP contribution in [-0.2, 0) is 16.0 Å². The standard InChI is InChI=1S/C26H34N2O5/c1-28(18-15-21-11-14-23(31-2)24(19-21)32-3)17-6-16-27-25(29)8-5-7-20-9-12-22(13-10-20)26(30)33-4/h5,7,9-14,19H,6,8,15-18H2,1-4H3,(H,27,29)/b7-5+. The van der Waals surface area contributed by atoms with Gasteiger partial charge in [-0.3, -0.25) is 4.79 Å². The molecular weight excluding hydrogens is 420 g/mol. The third-order valence-electron chi connectivity index (χ3n) is 5.21. The molecule has 0 aliphatic carbocycles. The van der Waals surface area contributed by atoms with Crippen molar-refractivity contribution >= 4 is 18.0 Å². The van der Waals surface area contributed by atoms with Gasteiger partial charge in [0.2, 0.25) is 5.91 Å². The zero-order valence-corrected chi connectivity index (χ0v) is 19.9. The second kappa shape index (κ2) is 14.0. The van der Waals surface area contributed by atoms with Crippen LogP contribution in [0.15, 0.2) is 48.5 Å². The Kier molecular flexibility index (Phi) is 11.0. The number of rotatable bonds is 13. The van der Waals surface area contributed by atoms with Crippen LogP contribution in [0, 0.1) is 0 Å². The maximum absolute atomic E-state index is 12.0. The molecule has 0 heterocycles. The van der Waals surface area contributed by atoms with E-state index in [9.17, 15) is 9.59 Å². The summed E-state index contributed by atoms with van der Waals surface area (Å²) in [6.07, 6.45) is 5.79. The van der Waals surface area contributed by atoms with E-state index in [2.05, 4.69) is 28.1 Å². The summed E-state index contributed by atoms with van der Waals surface area (Å²) in [5.74, 6) is 1.10. The van der Waals surface area contributed by atoms with Crippen LogP contribution in [0.1, 0.15) is 34.3 Å². The lowest BCUT2D eigenvalue weighted by Crippen LogP contribution is -2.28. The Morgan fingerprint density at radius 1 is 0.970 bits per heavy atom. The molecule has 2 rings (SSSR count). The number of carbonyl (C=O) groups is 2. The number of benzene rings is 2. The number of hydrogen-bond donors (Lipinski definition) is 1. The molecule has 2 aromatic rings. The summed E-state index contributed by atoms with van der Waals surface area (Å²) in [7, 11) is 6.71. The van der Waals surface area contributed by atoms with Crippen LogP contribution in [-0.4, -0.2) is 64.8 Å². The predicted octanol–water partition coefficient (Wildman–Crippen LogP) is 3.57. The van der Waals surface area contributed by atoms with Crippen LogP contribution in [0.2, 0.25) is 0 Å². The summed E-state index contributed by atoms with van der Waals surface area (Å²) in [4.78, 5) is 25.7. The minimum Gasteiger partial charge on any atom is -0.493 e. The molecule has 0 spiro atoms. The predicted molar refractivity (Wildman–Crippen MR) is 130 cm³/mol. The van der Waals surface area contributed by atoms with Gasteiger partial charge in [0.25, 0.3) is 0 Å². The molecule has 1 amide bonds. The van der Waals surface area contributed by atoms with E-state index in [1.54, 1.807) is 26.4 Å². The second-order valence-electron chi connectivity index (χ2n) is 7.67. The lowest BCUT2D eigenvalue weighted by molar-refractivity contribution is -0.120. The topological polar surface area (TPSA) is 77.1 Å². The van der Waals surface area contributed by atoms with E-state index >= 15 is 0 Å². The van der Waals surface area contributed by atoms with Crippen LogP contribution in [0.5, 0.6) is 11.5 Å². The van der Waals surface area contributed by atoms with Crippen molar-refractivity contribution in [2.45, 2.75) is 19.3 Å². The highest BCUT2D eigenvalue weighted by Gasteiger charge is 2.06. The Hall–Kier alpha value is -3.32. The van der Waals surface area contributed by atoms with Crippen LogP contribution >= 0.6 is 0 Å². The number of likely N-dealkylation sites (N-methyl/N-ethyl adjacent to an activating group) is 1. The fourth-order valence-electron chi connectivity index (χ4n) is 3.27. The molecule has 1 N–H and O–H groups in total. The lowest BCUT2D eigenvalue weighted by atomic mass is 10.1. The number of hydrogen-bond acceptors (Lipinski definition) is 6. The third-order valence-corrected chi connectivity index (χ3v) is 5.21. The number of carbonyl (C=O) groups excluding carboxylic acids is 2. The molecule has 0 atom stereocenters. The smallest absolute Gasteiger partial charge is 0.337 e. The molecule has 7 nitrogen and oxygen atoms in total. The van der Waals surface area contributed by atoms with Crippen molar-refractivity contribution in [1.29, 1.82) is 0 Å². The van der Waals surface area contributed by atoms with Gasteiger partial charge in [0.15, 0.2) is 11.5 Å². The summed E-state index contributed by atoms with van der Waals surface area (Å²) in [6.45, 7) is 2.46. The molecule has 0 fully saturated rings. The number of esters is 1. The van der Waals surface area contributed by atoms with E-state index in [0.717, 1.165) is 43.0 Å². The monoisotopic (exact) mass is 454 g/mol. The highest BCUT2D eigenvalue weighted by molar-refractivity contribution is 5.89. The first-order chi connectivity index (χ1) is 16.0. The lowest BCUT2D eigenvalue weighted by Gasteiger charge is -2.17. The number of nitrogens with zero attached hydrogens (tertiary/aromatic N) is 1. The van der Waals surface area contributed by atoms with E-state index in [0.29, 0.717) is 18.5 Å². The summed E-state index contributed by atoms with van der Waals surface area (Å²) in [5, 5.41) is 2.95. The molecule has 0 unspecified atom stereocenters. The molecule has 178 valence electrons. The largest absolute Gasteiger partial charge is 0.493 e. The molecular formula is C26H34N2O5. The Bertz CT molecular complexity index is 925. The van der Waals surface area contributed by atoms with Gasteiger partial charge in [-0.05, 0) is 61.8 Å². The van der Waals surface area contributed by atoms with Crippen molar-refractivity contribution in [3.05, 3.63) is 65.2 Å². The minimum absolute atomic E-state index is 0.00888. The van der Waals surface area contributed by atoms with Crippen molar-refractivity contribution < 1.29 is 23.8 Å². The van der Waals surface area contributed by atoms with Gasteiger partial charge in [0, 0.05) is 19.5 Å². The second-order valence-corrected chi connectivity index (χ2v) is 7.67. The molecule has 7 heteroatoms. The van der Waals surface area contributed by atoms with Gasteiger partial charge in [-0.15, -0.1) is 0 Å². The van der Waals surface area contributed by atoms with Crippen molar-refractivity contribution in [2.24, 2.45) is 0 Å². The first-order valence-electron chi connectivity index (χ1n) is 11.0. The highest BCUT2D eigenvalue weighted by Crippen LogP contribution is 2.27. The van der Waals surface area contributed by atoms with E-state index in [1.165, 1.54) is 12.7 Å². The summed E-state index contributed by atoms with van der Waals surface area (Å²) >= 11 is 0. The maximum Gasteiger partial charge on any atom is 0.337 e. The summed E-state index contributed by atoms with van der Waals surface area (Å²) < 4.78 is 15.3. The summed E-state index contributed by atoms with van der Waals surface area (Å²) in [6, 6.07) is 13.0. The van der Waals surface area contributed by atoms with Crippen LogP contribution < -0.4 is 14.8 Å². The van der Waals surface area contributed by atoms with E-state index in [-0.39, 0.29) is 11.9 Å². The fraction of sp³-hybridized carbons (Fsp3) is 0.385. The zero-order valence-electron chi connectivity index (χ0n) is 19.9. The number of nitrogens with one attached hydrogen (secondary N) is 1. The van der Waals surface area contributed by atoms with Gasteiger partial charge < -0.3 is 24.4 Å².